The molecule has 0 aliphatic rings. The average molecular weight is 406 g/mol. The third kappa shape index (κ3) is 4.72. The van der Waals surface area contributed by atoms with E-state index < -0.39 is 5.97 Å². The molecule has 0 aliphatic carbocycles. The highest BCUT2D eigenvalue weighted by Gasteiger charge is 2.15. The van der Waals surface area contributed by atoms with E-state index in [4.69, 9.17) is 9.84 Å². The predicted octanol–water partition coefficient (Wildman–Crippen LogP) is 3.63. The van der Waals surface area contributed by atoms with Crippen LogP contribution in [0.2, 0.25) is 0 Å². The molecule has 0 saturated heterocycles. The van der Waals surface area contributed by atoms with E-state index in [2.05, 4.69) is 15.2 Å². The molecule has 0 atom stereocenters. The zero-order chi connectivity index (χ0) is 20.1. The number of ether oxygens (including phenoxy) is 1. The first-order valence-corrected chi connectivity index (χ1v) is 9.96. The molecule has 8 heteroatoms. The zero-order valence-electron chi connectivity index (χ0n) is 15.4. The summed E-state index contributed by atoms with van der Waals surface area (Å²) in [5.41, 5.74) is 1.93. The molecule has 7 nitrogen and oxygen atoms in total. The summed E-state index contributed by atoms with van der Waals surface area (Å²) >= 11 is 1.14. The average Bonchev–Trinajstić information content (AvgIpc) is 3.12. The number of thioether (sulfide) groups is 1. The molecule has 0 bridgehead atoms. The van der Waals surface area contributed by atoms with Crippen molar-refractivity contribution >= 4 is 28.6 Å². The maximum atomic E-state index is 11.0. The molecule has 0 fully saturated rings. The summed E-state index contributed by atoms with van der Waals surface area (Å²) in [6.07, 6.45) is 1.74. The van der Waals surface area contributed by atoms with Crippen molar-refractivity contribution in [3.63, 3.8) is 0 Å². The van der Waals surface area contributed by atoms with Crippen molar-refractivity contribution in [1.82, 2.24) is 19.7 Å². The number of fused-ring (bicyclic) bond motifs is 1. The van der Waals surface area contributed by atoms with E-state index in [-0.39, 0.29) is 12.4 Å². The second-order valence-electron chi connectivity index (χ2n) is 6.30. The van der Waals surface area contributed by atoms with Crippen LogP contribution in [0.25, 0.3) is 10.9 Å². The molecule has 0 unspecified atom stereocenters. The number of benzene rings is 2. The lowest BCUT2D eigenvalue weighted by molar-refractivity contribution is -0.133. The lowest BCUT2D eigenvalue weighted by Crippen LogP contribution is -2.10. The summed E-state index contributed by atoms with van der Waals surface area (Å²) in [5.74, 6) is 0.336. The topological polar surface area (TPSA) is 90.1 Å². The molecule has 0 radical (unpaired) electrons. The summed E-state index contributed by atoms with van der Waals surface area (Å²) < 4.78 is 7.82. The second kappa shape index (κ2) is 8.74. The van der Waals surface area contributed by atoms with Crippen molar-refractivity contribution in [3.05, 3.63) is 78.2 Å². The predicted molar refractivity (Wildman–Crippen MR) is 110 cm³/mol. The van der Waals surface area contributed by atoms with Crippen LogP contribution < -0.4 is 4.74 Å². The van der Waals surface area contributed by atoms with Gasteiger partial charge in [0.25, 0.3) is 0 Å². The Morgan fingerprint density at radius 2 is 1.93 bits per heavy atom. The van der Waals surface area contributed by atoms with Gasteiger partial charge in [-0.15, -0.1) is 10.2 Å². The molecule has 0 amide bonds. The van der Waals surface area contributed by atoms with Gasteiger partial charge < -0.3 is 9.84 Å². The summed E-state index contributed by atoms with van der Waals surface area (Å²) in [5, 5.41) is 19.0. The molecule has 0 saturated carbocycles. The monoisotopic (exact) mass is 406 g/mol. The van der Waals surface area contributed by atoms with Crippen LogP contribution >= 0.6 is 11.8 Å². The number of carbonyl (C=O) groups is 1. The van der Waals surface area contributed by atoms with Gasteiger partial charge in [-0.05, 0) is 23.8 Å². The van der Waals surface area contributed by atoms with Gasteiger partial charge >= 0.3 is 5.97 Å². The van der Waals surface area contributed by atoms with E-state index in [1.807, 2.05) is 65.2 Å². The lowest BCUT2D eigenvalue weighted by Gasteiger charge is -2.11. The van der Waals surface area contributed by atoms with E-state index in [1.165, 1.54) is 0 Å². The third-order valence-electron chi connectivity index (χ3n) is 4.25. The molecular weight excluding hydrogens is 388 g/mol. The molecule has 2 aromatic carbocycles. The van der Waals surface area contributed by atoms with E-state index in [9.17, 15) is 4.79 Å². The van der Waals surface area contributed by atoms with Crippen LogP contribution in [0.5, 0.6) is 5.75 Å². The molecule has 1 N–H and O–H groups in total. The Hall–Kier alpha value is -3.39. The Morgan fingerprint density at radius 1 is 1.07 bits per heavy atom. The molecule has 4 aromatic rings. The number of aromatic nitrogens is 4. The van der Waals surface area contributed by atoms with E-state index in [0.717, 1.165) is 28.2 Å². The first-order chi connectivity index (χ1) is 14.2. The minimum absolute atomic E-state index is 0.0792. The van der Waals surface area contributed by atoms with Gasteiger partial charge in [0, 0.05) is 17.6 Å². The first-order valence-electron chi connectivity index (χ1n) is 8.97. The van der Waals surface area contributed by atoms with Crippen LogP contribution in [0.1, 0.15) is 11.4 Å². The van der Waals surface area contributed by atoms with Gasteiger partial charge in [-0.1, -0.05) is 48.2 Å². The quantitative estimate of drug-likeness (QED) is 0.447. The Kier molecular flexibility index (Phi) is 5.71. The molecule has 146 valence electrons. The highest BCUT2D eigenvalue weighted by atomic mass is 32.2. The van der Waals surface area contributed by atoms with Gasteiger partial charge in [0.1, 0.15) is 12.4 Å². The zero-order valence-corrected chi connectivity index (χ0v) is 16.2. The van der Waals surface area contributed by atoms with Crippen LogP contribution in [0.4, 0.5) is 0 Å². The van der Waals surface area contributed by atoms with Gasteiger partial charge in [0.15, 0.2) is 11.0 Å². The van der Waals surface area contributed by atoms with E-state index in [1.54, 1.807) is 6.20 Å². The van der Waals surface area contributed by atoms with Crippen molar-refractivity contribution in [3.8, 4) is 5.75 Å². The number of pyridine rings is 1. The minimum atomic E-state index is -0.897. The van der Waals surface area contributed by atoms with Crippen molar-refractivity contribution < 1.29 is 14.6 Å². The highest BCUT2D eigenvalue weighted by Crippen LogP contribution is 2.22. The fourth-order valence-electron chi connectivity index (χ4n) is 2.87. The largest absolute Gasteiger partial charge is 0.486 e. The van der Waals surface area contributed by atoms with Crippen molar-refractivity contribution in [2.24, 2.45) is 0 Å². The number of hydrogen-bond acceptors (Lipinski definition) is 6. The van der Waals surface area contributed by atoms with Gasteiger partial charge in [-0.3, -0.25) is 14.3 Å². The lowest BCUT2D eigenvalue weighted by atomic mass is 10.2. The summed E-state index contributed by atoms with van der Waals surface area (Å²) in [4.78, 5) is 15.3. The van der Waals surface area contributed by atoms with E-state index >= 15 is 0 Å². The maximum absolute atomic E-state index is 11.0. The van der Waals surface area contributed by atoms with Gasteiger partial charge in [-0.25, -0.2) is 0 Å². The van der Waals surface area contributed by atoms with E-state index in [0.29, 0.717) is 23.3 Å². The fraction of sp³-hybridized carbons (Fsp3) is 0.143. The molecule has 4 rings (SSSR count). The molecular formula is C21H18N4O3S. The van der Waals surface area contributed by atoms with Gasteiger partial charge in [0.2, 0.25) is 0 Å². The SMILES string of the molecule is O=C(O)CSc1nnc(COc2ccc3cccnc3c2)n1Cc1ccccc1. The fourth-order valence-corrected chi connectivity index (χ4v) is 3.54. The number of rotatable bonds is 8. The molecule has 0 aliphatic heterocycles. The Labute approximate surface area is 171 Å². The summed E-state index contributed by atoms with van der Waals surface area (Å²) in [6, 6.07) is 19.5. The van der Waals surface area contributed by atoms with Crippen LogP contribution in [0.15, 0.2) is 72.0 Å². The van der Waals surface area contributed by atoms with Crippen LogP contribution in [-0.2, 0) is 17.9 Å². The Bertz CT molecular complexity index is 1130. The Morgan fingerprint density at radius 3 is 2.76 bits per heavy atom. The molecule has 0 spiro atoms. The van der Waals surface area contributed by atoms with Crippen molar-refractivity contribution in [1.29, 1.82) is 0 Å². The summed E-state index contributed by atoms with van der Waals surface area (Å²) in [7, 11) is 0. The standard InChI is InChI=1S/C21H18N4O3S/c26-20(27)14-29-21-24-23-19(25(21)12-15-5-2-1-3-6-15)13-28-17-9-8-16-7-4-10-22-18(16)11-17/h1-11H,12-14H2,(H,26,27). The van der Waals surface area contributed by atoms with Crippen LogP contribution in [-0.4, -0.2) is 36.6 Å². The molecule has 2 aromatic heterocycles. The molecule has 29 heavy (non-hydrogen) atoms. The number of aliphatic carboxylic acids is 1. The van der Waals surface area contributed by atoms with Crippen molar-refractivity contribution in [2.45, 2.75) is 18.3 Å². The maximum Gasteiger partial charge on any atom is 0.313 e. The minimum Gasteiger partial charge on any atom is -0.486 e. The Balaban J connectivity index is 1.55. The number of hydrogen-bond donors (Lipinski definition) is 1. The molecule has 2 heterocycles. The van der Waals surface area contributed by atoms with Gasteiger partial charge in [-0.2, -0.15) is 0 Å². The van der Waals surface area contributed by atoms with Crippen LogP contribution in [0.3, 0.4) is 0 Å². The number of carboxylic acids is 1. The number of carboxylic acid groups (broad SMARTS) is 1. The first kappa shape index (κ1) is 18.9. The second-order valence-corrected chi connectivity index (χ2v) is 7.24. The van der Waals surface area contributed by atoms with Gasteiger partial charge in [0.05, 0.1) is 17.8 Å². The highest BCUT2D eigenvalue weighted by molar-refractivity contribution is 7.99. The summed E-state index contributed by atoms with van der Waals surface area (Å²) in [6.45, 7) is 0.750. The smallest absolute Gasteiger partial charge is 0.313 e. The third-order valence-corrected chi connectivity index (χ3v) is 5.20. The normalized spacial score (nSPS) is 10.9. The number of nitrogens with zero attached hydrogens (tertiary/aromatic N) is 4. The van der Waals surface area contributed by atoms with Crippen LogP contribution in [0, 0.1) is 0 Å². The van der Waals surface area contributed by atoms with Crippen molar-refractivity contribution in [2.75, 3.05) is 5.75 Å².